The largest absolute Gasteiger partial charge is 0.495 e. The summed E-state index contributed by atoms with van der Waals surface area (Å²) in [5, 5.41) is 1.87. The lowest BCUT2D eigenvalue weighted by Crippen LogP contribution is -2.33. The number of benzene rings is 3. The van der Waals surface area contributed by atoms with Gasteiger partial charge in [0.2, 0.25) is 5.91 Å². The molecule has 3 heterocycles. The number of nitrogens with zero attached hydrogens (tertiary/aromatic N) is 3. The first-order valence-electron chi connectivity index (χ1n) is 12.0. The van der Waals surface area contributed by atoms with Crippen molar-refractivity contribution in [2.75, 3.05) is 19.1 Å². The highest BCUT2D eigenvalue weighted by Crippen LogP contribution is 2.44. The number of carbonyl (C=O) groups excluding carboxylic acids is 2. The zero-order chi connectivity index (χ0) is 28.1. The summed E-state index contributed by atoms with van der Waals surface area (Å²) in [4.78, 5) is 34.8. The monoisotopic (exact) mass is 578 g/mol. The van der Waals surface area contributed by atoms with Crippen molar-refractivity contribution in [1.29, 1.82) is 0 Å². The fourth-order valence-electron chi connectivity index (χ4n) is 4.54. The number of rotatable bonds is 5. The Morgan fingerprint density at radius 2 is 2.05 bits per heavy atom. The maximum absolute atomic E-state index is 15.1. The minimum Gasteiger partial charge on any atom is -0.495 e. The number of nitrogens with two attached hydrogens (primary N) is 1. The molecule has 3 aromatic carbocycles. The number of fused-ring (bicyclic) bond motifs is 4. The van der Waals surface area contributed by atoms with Gasteiger partial charge in [-0.15, -0.1) is 11.3 Å². The second kappa shape index (κ2) is 9.92. The highest BCUT2D eigenvalue weighted by atomic mass is 35.5. The Balaban J connectivity index is 1.30. The maximum atomic E-state index is 15.1. The van der Waals surface area contributed by atoms with E-state index in [-0.39, 0.29) is 17.7 Å². The van der Waals surface area contributed by atoms with Crippen LogP contribution in [0.1, 0.15) is 15.9 Å². The molecule has 6 rings (SSSR count). The van der Waals surface area contributed by atoms with Crippen molar-refractivity contribution < 1.29 is 28.2 Å². The second-order valence-corrected chi connectivity index (χ2v) is 10.5. The zero-order valence-corrected chi connectivity index (χ0v) is 22.7. The van der Waals surface area contributed by atoms with Crippen molar-refractivity contribution in [3.05, 3.63) is 76.7 Å². The predicted octanol–water partition coefficient (Wildman–Crippen LogP) is 5.95. The third kappa shape index (κ3) is 4.52. The molecule has 0 saturated carbocycles. The second-order valence-electron chi connectivity index (χ2n) is 9.04. The molecule has 0 aliphatic carbocycles. The molecule has 2 N–H and O–H groups in total. The van der Waals surface area contributed by atoms with Gasteiger partial charge in [0.15, 0.2) is 11.6 Å². The summed E-state index contributed by atoms with van der Waals surface area (Å²) in [6.45, 7) is 0. The number of primary amides is 1. The van der Waals surface area contributed by atoms with Crippen LogP contribution in [0.5, 0.6) is 11.5 Å². The minimum atomic E-state index is -1.06. The molecule has 0 spiro atoms. The molecule has 202 valence electrons. The summed E-state index contributed by atoms with van der Waals surface area (Å²) in [7, 11) is 3.04. The molecule has 2 aromatic heterocycles. The molecule has 0 unspecified atom stereocenters. The van der Waals surface area contributed by atoms with Gasteiger partial charge in [-0.2, -0.15) is 0 Å². The molecule has 0 bridgehead atoms. The third-order valence-corrected chi connectivity index (χ3v) is 7.90. The number of carbonyl (C=O) groups is 2. The van der Waals surface area contributed by atoms with Crippen LogP contribution in [0.15, 0.2) is 54.7 Å². The van der Waals surface area contributed by atoms with E-state index in [1.54, 1.807) is 37.6 Å². The van der Waals surface area contributed by atoms with Gasteiger partial charge in [0.25, 0.3) is 6.29 Å². The van der Waals surface area contributed by atoms with Gasteiger partial charge >= 0.3 is 6.09 Å². The fraction of sp³-hybridized carbons (Fsp3) is 0.143. The molecular weight excluding hydrogens is 559 g/mol. The number of ether oxygens (including phenoxy) is 3. The predicted molar refractivity (Wildman–Crippen MR) is 150 cm³/mol. The van der Waals surface area contributed by atoms with Crippen LogP contribution in [0, 0.1) is 5.82 Å². The van der Waals surface area contributed by atoms with Crippen LogP contribution in [-0.2, 0) is 11.2 Å². The van der Waals surface area contributed by atoms with Gasteiger partial charge in [-0.25, -0.2) is 14.2 Å². The van der Waals surface area contributed by atoms with Crippen LogP contribution >= 0.6 is 22.9 Å². The van der Waals surface area contributed by atoms with Crippen LogP contribution < -0.4 is 20.1 Å². The lowest BCUT2D eigenvalue weighted by Gasteiger charge is -2.20. The Bertz CT molecular complexity index is 1850. The first-order chi connectivity index (χ1) is 19.2. The van der Waals surface area contributed by atoms with Gasteiger partial charge in [0.05, 0.1) is 35.5 Å². The Morgan fingerprint density at radius 3 is 2.83 bits per heavy atom. The molecule has 12 heteroatoms. The molecular formula is C28H20ClFN4O5S. The summed E-state index contributed by atoms with van der Waals surface area (Å²) in [5.41, 5.74) is 8.34. The van der Waals surface area contributed by atoms with E-state index in [2.05, 4.69) is 9.97 Å². The fourth-order valence-corrected chi connectivity index (χ4v) is 5.88. The summed E-state index contributed by atoms with van der Waals surface area (Å²) >= 11 is 7.75. The van der Waals surface area contributed by atoms with Crippen molar-refractivity contribution in [3.8, 4) is 22.1 Å². The number of anilines is 1. The van der Waals surface area contributed by atoms with Crippen LogP contribution in [0.3, 0.4) is 0 Å². The smallest absolute Gasteiger partial charge is 0.417 e. The van der Waals surface area contributed by atoms with Gasteiger partial charge < -0.3 is 19.9 Å². The molecule has 0 radical (unpaired) electrons. The van der Waals surface area contributed by atoms with E-state index in [0.717, 1.165) is 5.39 Å². The van der Waals surface area contributed by atoms with Gasteiger partial charge in [-0.1, -0.05) is 17.7 Å². The number of hydrogen-bond donors (Lipinski definition) is 1. The molecule has 9 nitrogen and oxygen atoms in total. The Kier molecular flexibility index (Phi) is 6.40. The first kappa shape index (κ1) is 25.8. The van der Waals surface area contributed by atoms with Gasteiger partial charge in [-0.3, -0.25) is 14.7 Å². The summed E-state index contributed by atoms with van der Waals surface area (Å²) in [5.74, 6) is -0.631. The molecule has 0 fully saturated rings. The number of hydrogen-bond acceptors (Lipinski definition) is 8. The van der Waals surface area contributed by atoms with Crippen molar-refractivity contribution in [3.63, 3.8) is 0 Å². The zero-order valence-electron chi connectivity index (χ0n) is 21.1. The van der Waals surface area contributed by atoms with Crippen molar-refractivity contribution >= 4 is 61.7 Å². The number of aromatic nitrogens is 2. The molecule has 2 amide bonds. The van der Waals surface area contributed by atoms with E-state index in [1.807, 2.05) is 6.07 Å². The number of methoxy groups -OCH3 is 1. The van der Waals surface area contributed by atoms with E-state index < -0.39 is 24.1 Å². The lowest BCUT2D eigenvalue weighted by atomic mass is 10.1. The van der Waals surface area contributed by atoms with Gasteiger partial charge in [-0.05, 0) is 36.4 Å². The average Bonchev–Trinajstić information content (AvgIpc) is 3.56. The Hall–Kier alpha value is -4.48. The molecule has 1 aliphatic rings. The SMILES string of the molecule is COc1cnc2c(-c3nc4cc(F)c5c(c4s3)C[C@@H](OC(=O)N(C)c3cccc(C(N)=O)c3)O5)cc(Cl)cc2c1. The summed E-state index contributed by atoms with van der Waals surface area (Å²) in [6, 6.07) is 12.9. The quantitative estimate of drug-likeness (QED) is 0.274. The first-order valence-corrected chi connectivity index (χ1v) is 13.2. The maximum Gasteiger partial charge on any atom is 0.417 e. The van der Waals surface area contributed by atoms with E-state index >= 15 is 4.39 Å². The van der Waals surface area contributed by atoms with Crippen molar-refractivity contribution in [2.45, 2.75) is 12.7 Å². The van der Waals surface area contributed by atoms with Gasteiger partial charge in [0, 0.05) is 45.9 Å². The van der Waals surface area contributed by atoms with Crippen LogP contribution in [0.25, 0.3) is 31.7 Å². The average molecular weight is 579 g/mol. The van der Waals surface area contributed by atoms with Crippen molar-refractivity contribution in [2.24, 2.45) is 5.73 Å². The molecule has 5 aromatic rings. The van der Waals surface area contributed by atoms with Crippen LogP contribution in [0.2, 0.25) is 5.02 Å². The molecule has 1 aliphatic heterocycles. The third-order valence-electron chi connectivity index (χ3n) is 6.52. The van der Waals surface area contributed by atoms with Crippen molar-refractivity contribution in [1.82, 2.24) is 9.97 Å². The summed E-state index contributed by atoms with van der Waals surface area (Å²) in [6.07, 6.45) is -0.0694. The highest BCUT2D eigenvalue weighted by molar-refractivity contribution is 7.22. The number of amides is 2. The Labute approximate surface area is 235 Å². The number of halogens is 2. The minimum absolute atomic E-state index is 0.0118. The van der Waals surface area contributed by atoms with E-state index in [4.69, 9.17) is 31.5 Å². The standard InChI is InChI=1S/C28H20ClFN4O5S/c1-34(16-5-3-4-13(7-16)26(31)35)28(36)39-22-10-19-24(38-22)20(30)11-21-25(19)40-27(33-21)18-9-15(29)6-14-8-17(37-2)12-32-23(14)18/h3-9,11-12,22H,10H2,1-2H3,(H2,31,35)/t22-/m1/s1. The lowest BCUT2D eigenvalue weighted by molar-refractivity contribution is -0.0144. The van der Waals surface area contributed by atoms with Crippen LogP contribution in [-0.4, -0.2) is 42.4 Å². The normalized spacial score (nSPS) is 14.2. The van der Waals surface area contributed by atoms with E-state index in [0.29, 0.717) is 48.3 Å². The number of pyridine rings is 1. The molecule has 0 saturated heterocycles. The van der Waals surface area contributed by atoms with Crippen LogP contribution in [0.4, 0.5) is 14.9 Å². The van der Waals surface area contributed by atoms with E-state index in [1.165, 1.54) is 41.5 Å². The highest BCUT2D eigenvalue weighted by Gasteiger charge is 2.33. The number of thiazole rings is 1. The molecule has 1 atom stereocenters. The van der Waals surface area contributed by atoms with Gasteiger partial charge in [0.1, 0.15) is 10.8 Å². The molecule has 40 heavy (non-hydrogen) atoms. The van der Waals surface area contributed by atoms with E-state index in [9.17, 15) is 9.59 Å². The Morgan fingerprint density at radius 1 is 1.23 bits per heavy atom. The topological polar surface area (TPSA) is 117 Å². The summed E-state index contributed by atoms with van der Waals surface area (Å²) < 4.78 is 32.3.